The van der Waals surface area contributed by atoms with Crippen LogP contribution < -0.4 is 4.74 Å². The summed E-state index contributed by atoms with van der Waals surface area (Å²) in [6, 6.07) is 10.8. The lowest BCUT2D eigenvalue weighted by atomic mass is 9.78. The molecule has 8 heteroatoms. The van der Waals surface area contributed by atoms with E-state index < -0.39 is 12.3 Å². The number of methoxy groups -OCH3 is 1. The molecular formula is C26H31F3N2O3. The van der Waals surface area contributed by atoms with Crippen LogP contribution in [0.15, 0.2) is 42.5 Å². The summed E-state index contributed by atoms with van der Waals surface area (Å²) >= 11 is 0. The molecule has 1 fully saturated rings. The minimum absolute atomic E-state index is 0.276. The second-order valence-electron chi connectivity index (χ2n) is 9.38. The molecule has 1 saturated carbocycles. The van der Waals surface area contributed by atoms with Gasteiger partial charge in [-0.25, -0.2) is 9.78 Å². The van der Waals surface area contributed by atoms with Crippen LogP contribution in [0.4, 0.5) is 13.2 Å². The molecule has 0 radical (unpaired) electrons. The number of fused-ring (bicyclic) bond motifs is 1. The third-order valence-electron chi connectivity index (χ3n) is 6.10. The first-order chi connectivity index (χ1) is 16.0. The molecule has 0 unspecified atom stereocenters. The highest BCUT2D eigenvalue weighted by atomic mass is 19.4. The smallest absolute Gasteiger partial charge is 0.465 e. The van der Waals surface area contributed by atoms with Crippen molar-refractivity contribution in [2.45, 2.75) is 58.7 Å². The van der Waals surface area contributed by atoms with Gasteiger partial charge in [0.05, 0.1) is 23.7 Å². The van der Waals surface area contributed by atoms with Crippen LogP contribution >= 0.6 is 0 Å². The Bertz CT molecular complexity index is 1130. The van der Waals surface area contributed by atoms with Gasteiger partial charge in [0.1, 0.15) is 11.6 Å². The molecule has 3 aromatic rings. The summed E-state index contributed by atoms with van der Waals surface area (Å²) in [7, 11) is 3.10. The van der Waals surface area contributed by atoms with Crippen molar-refractivity contribution in [2.75, 3.05) is 7.11 Å². The number of ether oxygens (including phenoxy) is 2. The SMILES string of the molecule is CC1(C)CCCCC1.COC(=O)c1ccc2c(c1)nc(Cc1cccc(OC(F)(F)F)c1)n2C. The van der Waals surface area contributed by atoms with Crippen molar-refractivity contribution in [3.63, 3.8) is 0 Å². The molecule has 1 heterocycles. The van der Waals surface area contributed by atoms with E-state index in [2.05, 4.69) is 23.6 Å². The predicted octanol–water partition coefficient (Wildman–Crippen LogP) is 6.83. The molecule has 0 saturated heterocycles. The van der Waals surface area contributed by atoms with Crippen LogP contribution in [0.5, 0.6) is 5.75 Å². The summed E-state index contributed by atoms with van der Waals surface area (Å²) in [5.74, 6) is -0.0935. The first kappa shape index (κ1) is 25.6. The first-order valence-electron chi connectivity index (χ1n) is 11.4. The minimum atomic E-state index is -4.74. The lowest BCUT2D eigenvalue weighted by Gasteiger charge is -2.28. The number of esters is 1. The molecule has 1 aromatic heterocycles. The van der Waals surface area contributed by atoms with Crippen LogP contribution in [-0.2, 0) is 18.2 Å². The predicted molar refractivity (Wildman–Crippen MR) is 125 cm³/mol. The molecule has 0 amide bonds. The Labute approximate surface area is 197 Å². The number of nitrogens with zero attached hydrogens (tertiary/aromatic N) is 2. The number of halogens is 3. The maximum atomic E-state index is 12.4. The van der Waals surface area contributed by atoms with Crippen molar-refractivity contribution in [1.82, 2.24) is 9.55 Å². The number of aromatic nitrogens is 2. The highest BCUT2D eigenvalue weighted by molar-refractivity contribution is 5.93. The van der Waals surface area contributed by atoms with Crippen LogP contribution in [0.1, 0.15) is 67.7 Å². The number of aryl methyl sites for hydroxylation is 1. The molecule has 0 spiro atoms. The summed E-state index contributed by atoms with van der Waals surface area (Å²) in [5, 5.41) is 0. The Kier molecular flexibility index (Phi) is 7.89. The van der Waals surface area contributed by atoms with Crippen molar-refractivity contribution in [3.8, 4) is 5.75 Å². The third-order valence-corrected chi connectivity index (χ3v) is 6.10. The van der Waals surface area contributed by atoms with Gasteiger partial charge in [-0.3, -0.25) is 0 Å². The molecular weight excluding hydrogens is 445 g/mol. The maximum Gasteiger partial charge on any atom is 0.573 e. The zero-order chi connectivity index (χ0) is 24.9. The van der Waals surface area contributed by atoms with E-state index in [1.54, 1.807) is 31.3 Å². The number of hydrogen-bond donors (Lipinski definition) is 0. The van der Waals surface area contributed by atoms with Crippen LogP contribution in [0.3, 0.4) is 0 Å². The normalized spacial score (nSPS) is 15.4. The van der Waals surface area contributed by atoms with Gasteiger partial charge in [0.15, 0.2) is 0 Å². The highest BCUT2D eigenvalue weighted by Gasteiger charge is 2.31. The highest BCUT2D eigenvalue weighted by Crippen LogP contribution is 2.34. The Morgan fingerprint density at radius 2 is 1.79 bits per heavy atom. The van der Waals surface area contributed by atoms with E-state index in [4.69, 9.17) is 4.74 Å². The average Bonchev–Trinajstić information content (AvgIpc) is 3.07. The number of alkyl halides is 3. The summed E-state index contributed by atoms with van der Waals surface area (Å²) in [5.41, 5.74) is 3.09. The lowest BCUT2D eigenvalue weighted by Crippen LogP contribution is -2.17. The zero-order valence-electron chi connectivity index (χ0n) is 20.0. The van der Waals surface area contributed by atoms with Crippen LogP contribution in [0, 0.1) is 5.41 Å². The van der Waals surface area contributed by atoms with Crippen molar-refractivity contribution < 1.29 is 27.4 Å². The minimum Gasteiger partial charge on any atom is -0.465 e. The van der Waals surface area contributed by atoms with Crippen LogP contribution in [-0.4, -0.2) is 29.0 Å². The topological polar surface area (TPSA) is 53.4 Å². The molecule has 184 valence electrons. The van der Waals surface area contributed by atoms with Gasteiger partial charge in [0.2, 0.25) is 0 Å². The van der Waals surface area contributed by atoms with Crippen molar-refractivity contribution in [1.29, 1.82) is 0 Å². The molecule has 0 atom stereocenters. The second-order valence-corrected chi connectivity index (χ2v) is 9.38. The van der Waals surface area contributed by atoms with E-state index in [-0.39, 0.29) is 5.75 Å². The van der Waals surface area contributed by atoms with Gasteiger partial charge in [-0.1, -0.05) is 45.2 Å². The Morgan fingerprint density at radius 1 is 1.09 bits per heavy atom. The molecule has 1 aliphatic carbocycles. The fraction of sp³-hybridized carbons (Fsp3) is 0.462. The van der Waals surface area contributed by atoms with Gasteiger partial charge in [-0.15, -0.1) is 13.2 Å². The molecule has 4 rings (SSSR count). The fourth-order valence-corrected chi connectivity index (χ4v) is 4.20. The number of rotatable bonds is 4. The van der Waals surface area contributed by atoms with E-state index in [1.165, 1.54) is 57.4 Å². The molecule has 2 aromatic carbocycles. The fourth-order valence-electron chi connectivity index (χ4n) is 4.20. The summed E-state index contributed by atoms with van der Waals surface area (Å²) < 4.78 is 47.5. The number of hydrogen-bond acceptors (Lipinski definition) is 4. The maximum absolute atomic E-state index is 12.4. The third kappa shape index (κ3) is 6.98. The van der Waals surface area contributed by atoms with Gasteiger partial charge < -0.3 is 14.0 Å². The van der Waals surface area contributed by atoms with E-state index in [9.17, 15) is 18.0 Å². The van der Waals surface area contributed by atoms with E-state index in [1.807, 2.05) is 4.57 Å². The van der Waals surface area contributed by atoms with Gasteiger partial charge in [0, 0.05) is 13.5 Å². The molecule has 1 aliphatic rings. The van der Waals surface area contributed by atoms with Gasteiger partial charge in [-0.2, -0.15) is 0 Å². The quantitative estimate of drug-likeness (QED) is 0.388. The van der Waals surface area contributed by atoms with Crippen LogP contribution in [0.25, 0.3) is 11.0 Å². The van der Waals surface area contributed by atoms with Crippen molar-refractivity contribution >= 4 is 17.0 Å². The molecule has 5 nitrogen and oxygen atoms in total. The number of imidazole rings is 1. The van der Waals surface area contributed by atoms with Crippen molar-refractivity contribution in [2.24, 2.45) is 12.5 Å². The Morgan fingerprint density at radius 3 is 2.38 bits per heavy atom. The monoisotopic (exact) mass is 476 g/mol. The molecule has 0 N–H and O–H groups in total. The van der Waals surface area contributed by atoms with Crippen LogP contribution in [0.2, 0.25) is 0 Å². The van der Waals surface area contributed by atoms with E-state index in [0.29, 0.717) is 34.3 Å². The number of benzene rings is 2. The molecule has 0 aliphatic heterocycles. The Hall–Kier alpha value is -3.03. The van der Waals surface area contributed by atoms with Gasteiger partial charge >= 0.3 is 12.3 Å². The average molecular weight is 477 g/mol. The van der Waals surface area contributed by atoms with E-state index in [0.717, 1.165) is 5.52 Å². The zero-order valence-corrected chi connectivity index (χ0v) is 20.0. The van der Waals surface area contributed by atoms with E-state index >= 15 is 0 Å². The Balaban J connectivity index is 0.000000343. The number of carbonyl (C=O) groups is 1. The largest absolute Gasteiger partial charge is 0.573 e. The summed E-state index contributed by atoms with van der Waals surface area (Å²) in [6.07, 6.45) is 2.89. The van der Waals surface area contributed by atoms with Gasteiger partial charge in [-0.05, 0) is 54.2 Å². The van der Waals surface area contributed by atoms with Crippen molar-refractivity contribution in [3.05, 3.63) is 59.4 Å². The second kappa shape index (κ2) is 10.5. The summed E-state index contributed by atoms with van der Waals surface area (Å²) in [4.78, 5) is 16.1. The molecule has 0 bridgehead atoms. The standard InChI is InChI=1S/C18H15F3N2O3.C8H16/c1-23-15-7-6-12(17(24)25-2)10-14(15)22-16(23)9-11-4-3-5-13(8-11)26-18(19,20)21;1-8(2)6-4-3-5-7-8/h3-8,10H,9H2,1-2H3;3-7H2,1-2H3. The number of carbonyl (C=O) groups excluding carboxylic acids is 1. The molecule has 34 heavy (non-hydrogen) atoms. The first-order valence-corrected chi connectivity index (χ1v) is 11.4. The summed E-state index contributed by atoms with van der Waals surface area (Å²) in [6.45, 7) is 4.76. The van der Waals surface area contributed by atoms with Gasteiger partial charge in [0.25, 0.3) is 0 Å². The lowest BCUT2D eigenvalue weighted by molar-refractivity contribution is -0.274.